The van der Waals surface area contributed by atoms with Crippen LogP contribution in [-0.2, 0) is 0 Å². The molecule has 0 aliphatic heterocycles. The Morgan fingerprint density at radius 2 is 1.81 bits per heavy atom. The molecule has 1 N–H and O–H groups in total. The number of hydrogen-bond acceptors (Lipinski definition) is 3. The Bertz CT molecular complexity index is 774. The molecule has 0 saturated heterocycles. The maximum absolute atomic E-state index is 5.89. The molecule has 1 aromatic heterocycles. The van der Waals surface area contributed by atoms with E-state index in [9.17, 15) is 0 Å². The van der Waals surface area contributed by atoms with Gasteiger partial charge in [0.2, 0.25) is 0 Å². The molecule has 0 amide bonds. The monoisotopic (exact) mass is 342 g/mol. The first kappa shape index (κ1) is 13.9. The van der Waals surface area contributed by atoms with Gasteiger partial charge < -0.3 is 10.1 Å². The number of anilines is 1. The number of ether oxygens (including phenoxy) is 1. The SMILES string of the molecule is CCNc1cncc(Oc2ccc3cc(Br)ccc3c2)c1. The molecule has 0 atom stereocenters. The van der Waals surface area contributed by atoms with Crippen molar-refractivity contribution in [2.75, 3.05) is 11.9 Å². The molecule has 2 aromatic carbocycles. The molecule has 21 heavy (non-hydrogen) atoms. The van der Waals surface area contributed by atoms with Gasteiger partial charge in [0.15, 0.2) is 0 Å². The van der Waals surface area contributed by atoms with Crippen LogP contribution in [0.15, 0.2) is 59.3 Å². The fraction of sp³-hybridized carbons (Fsp3) is 0.118. The summed E-state index contributed by atoms with van der Waals surface area (Å²) in [6.07, 6.45) is 3.50. The van der Waals surface area contributed by atoms with E-state index in [4.69, 9.17) is 4.74 Å². The Kier molecular flexibility index (Phi) is 4.06. The highest BCUT2D eigenvalue weighted by molar-refractivity contribution is 9.10. The summed E-state index contributed by atoms with van der Waals surface area (Å²) in [6.45, 7) is 2.91. The summed E-state index contributed by atoms with van der Waals surface area (Å²) in [7, 11) is 0. The number of nitrogens with one attached hydrogen (secondary N) is 1. The molecule has 0 bridgehead atoms. The van der Waals surface area contributed by atoms with Crippen molar-refractivity contribution in [1.29, 1.82) is 0 Å². The third-order valence-electron chi connectivity index (χ3n) is 3.10. The molecule has 106 valence electrons. The second-order valence-electron chi connectivity index (χ2n) is 4.69. The summed E-state index contributed by atoms with van der Waals surface area (Å²) < 4.78 is 6.96. The molecule has 3 aromatic rings. The first-order chi connectivity index (χ1) is 10.2. The lowest BCUT2D eigenvalue weighted by Gasteiger charge is -2.09. The second-order valence-corrected chi connectivity index (χ2v) is 5.61. The molecule has 0 unspecified atom stereocenters. The molecule has 1 heterocycles. The highest BCUT2D eigenvalue weighted by atomic mass is 79.9. The normalized spacial score (nSPS) is 10.6. The average Bonchev–Trinajstić information content (AvgIpc) is 2.48. The van der Waals surface area contributed by atoms with Crippen LogP contribution >= 0.6 is 15.9 Å². The second kappa shape index (κ2) is 6.14. The average molecular weight is 343 g/mol. The third-order valence-corrected chi connectivity index (χ3v) is 3.60. The molecule has 0 saturated carbocycles. The molecule has 0 spiro atoms. The molecule has 0 fully saturated rings. The lowest BCUT2D eigenvalue weighted by Crippen LogP contribution is -1.97. The molecule has 0 aliphatic carbocycles. The predicted molar refractivity (Wildman–Crippen MR) is 90.1 cm³/mol. The summed E-state index contributed by atoms with van der Waals surface area (Å²) >= 11 is 3.48. The maximum atomic E-state index is 5.89. The third kappa shape index (κ3) is 3.34. The van der Waals surface area contributed by atoms with E-state index in [0.717, 1.165) is 33.6 Å². The van der Waals surface area contributed by atoms with Crippen molar-refractivity contribution in [2.24, 2.45) is 0 Å². The van der Waals surface area contributed by atoms with E-state index in [-0.39, 0.29) is 0 Å². The minimum atomic E-state index is 0.727. The number of benzene rings is 2. The zero-order valence-corrected chi connectivity index (χ0v) is 13.2. The van der Waals surface area contributed by atoms with E-state index in [1.807, 2.05) is 24.3 Å². The van der Waals surface area contributed by atoms with E-state index in [2.05, 4.69) is 51.4 Å². The van der Waals surface area contributed by atoms with Gasteiger partial charge >= 0.3 is 0 Å². The van der Waals surface area contributed by atoms with Gasteiger partial charge in [0, 0.05) is 17.1 Å². The van der Waals surface area contributed by atoms with Gasteiger partial charge in [0.1, 0.15) is 11.5 Å². The Hall–Kier alpha value is -2.07. The molecule has 0 aliphatic rings. The molecule has 4 heteroatoms. The minimum Gasteiger partial charge on any atom is -0.456 e. The standard InChI is InChI=1S/C17H15BrN2O/c1-2-20-15-9-17(11-19-10-15)21-16-6-4-12-7-14(18)5-3-13(12)8-16/h3-11,20H,2H2,1H3. The summed E-state index contributed by atoms with van der Waals surface area (Å²) in [5.74, 6) is 1.53. The van der Waals surface area contributed by atoms with Crippen LogP contribution in [0.3, 0.4) is 0 Å². The van der Waals surface area contributed by atoms with E-state index in [1.54, 1.807) is 12.4 Å². The smallest absolute Gasteiger partial charge is 0.147 e. The summed E-state index contributed by atoms with van der Waals surface area (Å²) in [6, 6.07) is 14.2. The Morgan fingerprint density at radius 1 is 1.00 bits per heavy atom. The number of rotatable bonds is 4. The zero-order chi connectivity index (χ0) is 14.7. The van der Waals surface area contributed by atoms with Crippen molar-refractivity contribution in [1.82, 2.24) is 4.98 Å². The number of halogens is 1. The van der Waals surface area contributed by atoms with Crippen molar-refractivity contribution in [2.45, 2.75) is 6.92 Å². The van der Waals surface area contributed by atoms with Crippen LogP contribution in [0.25, 0.3) is 10.8 Å². The van der Waals surface area contributed by atoms with E-state index in [1.165, 1.54) is 5.39 Å². The Labute approximate surface area is 132 Å². The first-order valence-electron chi connectivity index (χ1n) is 6.81. The van der Waals surface area contributed by atoms with E-state index >= 15 is 0 Å². The number of fused-ring (bicyclic) bond motifs is 1. The van der Waals surface area contributed by atoms with Crippen LogP contribution in [-0.4, -0.2) is 11.5 Å². The lowest BCUT2D eigenvalue weighted by atomic mass is 10.1. The maximum Gasteiger partial charge on any atom is 0.147 e. The minimum absolute atomic E-state index is 0.727. The van der Waals surface area contributed by atoms with Gasteiger partial charge in [0.05, 0.1) is 18.1 Å². The predicted octanol–water partition coefficient (Wildman–Crippen LogP) is 5.22. The van der Waals surface area contributed by atoms with Crippen molar-refractivity contribution < 1.29 is 4.74 Å². The topological polar surface area (TPSA) is 34.2 Å². The molecular formula is C17H15BrN2O. The van der Waals surface area contributed by atoms with E-state index in [0.29, 0.717) is 0 Å². The Balaban J connectivity index is 1.87. The van der Waals surface area contributed by atoms with Crippen molar-refractivity contribution in [3.8, 4) is 11.5 Å². The van der Waals surface area contributed by atoms with Crippen LogP contribution in [0.1, 0.15) is 6.92 Å². The van der Waals surface area contributed by atoms with Gasteiger partial charge in [-0.2, -0.15) is 0 Å². The largest absolute Gasteiger partial charge is 0.456 e. The Morgan fingerprint density at radius 3 is 2.67 bits per heavy atom. The van der Waals surface area contributed by atoms with Gasteiger partial charge in [-0.1, -0.05) is 28.1 Å². The van der Waals surface area contributed by atoms with Crippen LogP contribution in [0.4, 0.5) is 5.69 Å². The van der Waals surface area contributed by atoms with Gasteiger partial charge in [0.25, 0.3) is 0 Å². The van der Waals surface area contributed by atoms with Crippen LogP contribution in [0.5, 0.6) is 11.5 Å². The molecule has 0 radical (unpaired) electrons. The number of nitrogens with zero attached hydrogens (tertiary/aromatic N) is 1. The highest BCUT2D eigenvalue weighted by Crippen LogP contribution is 2.28. The van der Waals surface area contributed by atoms with Gasteiger partial charge in [-0.3, -0.25) is 4.98 Å². The highest BCUT2D eigenvalue weighted by Gasteiger charge is 2.02. The van der Waals surface area contributed by atoms with Gasteiger partial charge in [-0.25, -0.2) is 0 Å². The summed E-state index contributed by atoms with van der Waals surface area (Å²) in [4.78, 5) is 4.18. The van der Waals surface area contributed by atoms with Crippen LogP contribution < -0.4 is 10.1 Å². The molecular weight excluding hydrogens is 328 g/mol. The van der Waals surface area contributed by atoms with Crippen molar-refractivity contribution in [3.05, 3.63) is 59.3 Å². The summed E-state index contributed by atoms with van der Waals surface area (Å²) in [5.41, 5.74) is 0.958. The first-order valence-corrected chi connectivity index (χ1v) is 7.60. The van der Waals surface area contributed by atoms with Gasteiger partial charge in [-0.15, -0.1) is 0 Å². The van der Waals surface area contributed by atoms with Crippen LogP contribution in [0, 0.1) is 0 Å². The van der Waals surface area contributed by atoms with E-state index < -0.39 is 0 Å². The number of pyridine rings is 1. The molecule has 3 rings (SSSR count). The summed E-state index contributed by atoms with van der Waals surface area (Å²) in [5, 5.41) is 5.54. The fourth-order valence-corrected chi connectivity index (χ4v) is 2.55. The quantitative estimate of drug-likeness (QED) is 0.705. The van der Waals surface area contributed by atoms with Crippen molar-refractivity contribution >= 4 is 32.4 Å². The van der Waals surface area contributed by atoms with Gasteiger partial charge in [-0.05, 0) is 42.0 Å². The molecule has 3 nitrogen and oxygen atoms in total. The lowest BCUT2D eigenvalue weighted by molar-refractivity contribution is 0.481. The zero-order valence-electron chi connectivity index (χ0n) is 11.6. The number of hydrogen-bond donors (Lipinski definition) is 1. The fourth-order valence-electron chi connectivity index (χ4n) is 2.17. The van der Waals surface area contributed by atoms with Crippen LogP contribution in [0.2, 0.25) is 0 Å². The van der Waals surface area contributed by atoms with Crippen molar-refractivity contribution in [3.63, 3.8) is 0 Å². The number of aromatic nitrogens is 1.